The molecule has 9 nitrogen and oxygen atoms in total. The minimum absolute atomic E-state index is 0.0975. The molecule has 0 saturated carbocycles. The number of carbonyl (C=O) groups is 1. The third kappa shape index (κ3) is 4.01. The van der Waals surface area contributed by atoms with E-state index >= 15 is 0 Å². The minimum atomic E-state index is -3.57. The molecular formula is C18H20FN5O4S. The van der Waals surface area contributed by atoms with Crippen molar-refractivity contribution in [2.75, 3.05) is 18.2 Å². The van der Waals surface area contributed by atoms with Gasteiger partial charge in [-0.15, -0.1) is 0 Å². The molecule has 1 aromatic carbocycles. The summed E-state index contributed by atoms with van der Waals surface area (Å²) in [4.78, 5) is 13.0. The van der Waals surface area contributed by atoms with Crippen LogP contribution in [0.1, 0.15) is 29.8 Å². The van der Waals surface area contributed by atoms with E-state index in [0.717, 1.165) is 29.6 Å². The minimum Gasteiger partial charge on any atom is -0.376 e. The summed E-state index contributed by atoms with van der Waals surface area (Å²) in [5, 5.41) is 11.0. The summed E-state index contributed by atoms with van der Waals surface area (Å²) < 4.78 is 45.3. The second-order valence-electron chi connectivity index (χ2n) is 6.97. The fourth-order valence-corrected chi connectivity index (χ4v) is 3.90. The molecule has 0 bridgehead atoms. The number of amides is 1. The molecule has 1 aliphatic heterocycles. The van der Waals surface area contributed by atoms with Gasteiger partial charge in [-0.1, -0.05) is 12.1 Å². The Hall–Kier alpha value is -2.79. The van der Waals surface area contributed by atoms with Gasteiger partial charge in [0.15, 0.2) is 5.82 Å². The van der Waals surface area contributed by atoms with Crippen molar-refractivity contribution < 1.29 is 22.3 Å². The smallest absolute Gasteiger partial charge is 0.274 e. The first-order valence-corrected chi connectivity index (χ1v) is 11.0. The SMILES string of the molecule is CS(=O)(=O)n1cc(NC(=O)c2c3cccc(F)c3nn2CC2CCCCO2)cn1. The molecule has 1 N–H and O–H groups in total. The van der Waals surface area contributed by atoms with Crippen LogP contribution < -0.4 is 5.32 Å². The van der Waals surface area contributed by atoms with Crippen LogP contribution in [-0.4, -0.2) is 52.3 Å². The average Bonchev–Trinajstić information content (AvgIpc) is 3.28. The van der Waals surface area contributed by atoms with Gasteiger partial charge < -0.3 is 10.1 Å². The predicted octanol–water partition coefficient (Wildman–Crippen LogP) is 2.00. The monoisotopic (exact) mass is 421 g/mol. The van der Waals surface area contributed by atoms with Crippen LogP contribution in [0.25, 0.3) is 10.9 Å². The van der Waals surface area contributed by atoms with Crippen molar-refractivity contribution in [3.63, 3.8) is 0 Å². The molecule has 4 rings (SSSR count). The molecule has 0 aliphatic carbocycles. The van der Waals surface area contributed by atoms with Crippen molar-refractivity contribution >= 4 is 32.5 Å². The number of anilines is 1. The van der Waals surface area contributed by atoms with E-state index in [0.29, 0.717) is 18.5 Å². The molecule has 1 saturated heterocycles. The van der Waals surface area contributed by atoms with E-state index in [-0.39, 0.29) is 23.0 Å². The van der Waals surface area contributed by atoms with Gasteiger partial charge >= 0.3 is 0 Å². The van der Waals surface area contributed by atoms with Crippen LogP contribution >= 0.6 is 0 Å². The summed E-state index contributed by atoms with van der Waals surface area (Å²) in [6, 6.07) is 4.42. The Kier molecular flexibility index (Phi) is 5.09. The van der Waals surface area contributed by atoms with E-state index in [1.165, 1.54) is 29.2 Å². The maximum Gasteiger partial charge on any atom is 0.274 e. The number of benzene rings is 1. The molecule has 11 heteroatoms. The largest absolute Gasteiger partial charge is 0.376 e. The van der Waals surface area contributed by atoms with E-state index < -0.39 is 21.7 Å². The van der Waals surface area contributed by atoms with Crippen LogP contribution in [0.3, 0.4) is 0 Å². The Morgan fingerprint density at radius 2 is 2.21 bits per heavy atom. The molecule has 154 valence electrons. The zero-order valence-electron chi connectivity index (χ0n) is 15.7. The molecule has 1 atom stereocenters. The molecule has 29 heavy (non-hydrogen) atoms. The lowest BCUT2D eigenvalue weighted by molar-refractivity contribution is 0.00378. The molecule has 0 spiro atoms. The van der Waals surface area contributed by atoms with E-state index in [1.807, 2.05) is 0 Å². The number of halogens is 1. The third-order valence-electron chi connectivity index (χ3n) is 4.74. The standard InChI is InChI=1S/C18H20FN5O4S/c1-29(26,27)24-10-12(9-20-24)21-18(25)17-14-6-4-7-15(19)16(14)22-23(17)11-13-5-2-3-8-28-13/h4,6-7,9-10,13H,2-3,5,8,11H2,1H3,(H,21,25). The van der Waals surface area contributed by atoms with Gasteiger partial charge in [0.05, 0.1) is 37.0 Å². The normalized spacial score (nSPS) is 17.5. The third-order valence-corrected chi connectivity index (χ3v) is 5.62. The highest BCUT2D eigenvalue weighted by molar-refractivity contribution is 7.89. The van der Waals surface area contributed by atoms with Crippen LogP contribution in [0, 0.1) is 5.82 Å². The maximum atomic E-state index is 14.3. The van der Waals surface area contributed by atoms with Crippen molar-refractivity contribution in [3.8, 4) is 0 Å². The molecule has 1 amide bonds. The van der Waals surface area contributed by atoms with Gasteiger partial charge in [0.2, 0.25) is 0 Å². The average molecular weight is 421 g/mol. The first-order valence-electron chi connectivity index (χ1n) is 9.16. The molecule has 1 aliphatic rings. The number of rotatable bonds is 5. The Labute approximate surface area is 166 Å². The summed E-state index contributed by atoms with van der Waals surface area (Å²) in [5.41, 5.74) is 0.479. The molecule has 1 fully saturated rings. The van der Waals surface area contributed by atoms with Gasteiger partial charge in [0.25, 0.3) is 15.9 Å². The Morgan fingerprint density at radius 1 is 1.38 bits per heavy atom. The quantitative estimate of drug-likeness (QED) is 0.675. The van der Waals surface area contributed by atoms with Gasteiger partial charge in [0.1, 0.15) is 11.2 Å². The van der Waals surface area contributed by atoms with Crippen LogP contribution in [0.15, 0.2) is 30.6 Å². The van der Waals surface area contributed by atoms with Crippen LogP contribution in [0.2, 0.25) is 0 Å². The van der Waals surface area contributed by atoms with Gasteiger partial charge in [-0.3, -0.25) is 9.48 Å². The zero-order chi connectivity index (χ0) is 20.6. The summed E-state index contributed by atoms with van der Waals surface area (Å²) >= 11 is 0. The number of fused-ring (bicyclic) bond motifs is 1. The van der Waals surface area contributed by atoms with Crippen molar-refractivity contribution in [3.05, 3.63) is 42.1 Å². The lowest BCUT2D eigenvalue weighted by Crippen LogP contribution is -2.27. The number of hydrogen-bond donors (Lipinski definition) is 1. The highest BCUT2D eigenvalue weighted by atomic mass is 32.2. The summed E-state index contributed by atoms with van der Waals surface area (Å²) in [6.07, 6.45) is 6.16. The number of aromatic nitrogens is 4. The Bertz CT molecular complexity index is 1160. The first kappa shape index (κ1) is 19.5. The summed E-state index contributed by atoms with van der Waals surface area (Å²) in [6.45, 7) is 0.964. The fraction of sp³-hybridized carbons (Fsp3) is 0.389. The highest BCUT2D eigenvalue weighted by Crippen LogP contribution is 2.24. The van der Waals surface area contributed by atoms with Crippen LogP contribution in [0.4, 0.5) is 10.1 Å². The van der Waals surface area contributed by atoms with Gasteiger partial charge in [-0.2, -0.15) is 14.3 Å². The molecule has 1 unspecified atom stereocenters. The summed E-state index contributed by atoms with van der Waals surface area (Å²) in [5.74, 6) is -1.06. The van der Waals surface area contributed by atoms with E-state index in [2.05, 4.69) is 15.5 Å². The van der Waals surface area contributed by atoms with E-state index in [4.69, 9.17) is 4.74 Å². The molecule has 2 aromatic heterocycles. The molecular weight excluding hydrogens is 401 g/mol. The second-order valence-corrected chi connectivity index (χ2v) is 8.81. The number of carbonyl (C=O) groups excluding carboxylic acids is 1. The summed E-state index contributed by atoms with van der Waals surface area (Å²) in [7, 11) is -3.57. The Balaban J connectivity index is 1.68. The maximum absolute atomic E-state index is 14.3. The molecule has 3 heterocycles. The lowest BCUT2D eigenvalue weighted by Gasteiger charge is -2.23. The van der Waals surface area contributed by atoms with Crippen LogP contribution in [-0.2, 0) is 21.3 Å². The van der Waals surface area contributed by atoms with Crippen molar-refractivity contribution in [2.45, 2.75) is 31.9 Å². The number of nitrogens with one attached hydrogen (secondary N) is 1. The van der Waals surface area contributed by atoms with Gasteiger partial charge in [-0.05, 0) is 25.3 Å². The predicted molar refractivity (Wildman–Crippen MR) is 104 cm³/mol. The van der Waals surface area contributed by atoms with E-state index in [1.54, 1.807) is 6.07 Å². The Morgan fingerprint density at radius 3 is 2.90 bits per heavy atom. The number of nitrogens with zero attached hydrogens (tertiary/aromatic N) is 4. The van der Waals surface area contributed by atoms with Crippen molar-refractivity contribution in [1.29, 1.82) is 0 Å². The van der Waals surface area contributed by atoms with Crippen molar-refractivity contribution in [2.24, 2.45) is 0 Å². The molecule has 3 aromatic rings. The van der Waals surface area contributed by atoms with Gasteiger partial charge in [0, 0.05) is 12.0 Å². The number of hydrogen-bond acceptors (Lipinski definition) is 6. The first-order chi connectivity index (χ1) is 13.8. The topological polar surface area (TPSA) is 108 Å². The van der Waals surface area contributed by atoms with Crippen molar-refractivity contribution in [1.82, 2.24) is 19.0 Å². The van der Waals surface area contributed by atoms with Crippen LogP contribution in [0.5, 0.6) is 0 Å². The highest BCUT2D eigenvalue weighted by Gasteiger charge is 2.24. The fourth-order valence-electron chi connectivity index (χ4n) is 3.37. The number of ether oxygens (including phenoxy) is 1. The lowest BCUT2D eigenvalue weighted by atomic mass is 10.1. The van der Waals surface area contributed by atoms with Gasteiger partial charge in [-0.25, -0.2) is 12.8 Å². The second kappa shape index (κ2) is 7.56. The molecule has 0 radical (unpaired) electrons. The van der Waals surface area contributed by atoms with E-state index in [9.17, 15) is 17.6 Å². The zero-order valence-corrected chi connectivity index (χ0v) is 16.5.